The zero-order chi connectivity index (χ0) is 11.3. The smallest absolute Gasteiger partial charge is 0.307 e. The Morgan fingerprint density at radius 1 is 1.67 bits per heavy atom. The lowest BCUT2D eigenvalue weighted by atomic mass is 10.1. The predicted octanol–water partition coefficient (Wildman–Crippen LogP) is 1.27. The minimum atomic E-state index is -0.207. The van der Waals surface area contributed by atoms with Crippen LogP contribution in [0.4, 0.5) is 0 Å². The van der Waals surface area contributed by atoms with Gasteiger partial charge in [0.05, 0.1) is 20.1 Å². The van der Waals surface area contributed by atoms with Crippen LogP contribution >= 0.6 is 11.8 Å². The Bertz CT molecular complexity index is 256. The molecular formula is C10H18N2O2S. The Labute approximate surface area is 94.9 Å². The lowest BCUT2D eigenvalue weighted by Gasteiger charge is -2.28. The van der Waals surface area contributed by atoms with E-state index in [2.05, 4.69) is 28.9 Å². The molecule has 5 heteroatoms. The van der Waals surface area contributed by atoms with Gasteiger partial charge in [0.2, 0.25) is 0 Å². The van der Waals surface area contributed by atoms with Crippen molar-refractivity contribution in [3.8, 4) is 0 Å². The van der Waals surface area contributed by atoms with Crippen molar-refractivity contribution in [1.82, 2.24) is 5.32 Å². The van der Waals surface area contributed by atoms with E-state index in [4.69, 9.17) is 0 Å². The molecule has 1 aliphatic rings. The minimum Gasteiger partial charge on any atom is -0.469 e. The SMILES string of the molecule is COC(=O)CCN=C1NC(C)C(C)CS1. The second kappa shape index (κ2) is 6.00. The number of carbonyl (C=O) groups is 1. The van der Waals surface area contributed by atoms with Crippen LogP contribution < -0.4 is 5.32 Å². The summed E-state index contributed by atoms with van der Waals surface area (Å²) < 4.78 is 4.54. The molecule has 0 aromatic heterocycles. The Hall–Kier alpha value is -0.710. The van der Waals surface area contributed by atoms with Crippen LogP contribution in [0.3, 0.4) is 0 Å². The maximum absolute atomic E-state index is 10.9. The lowest BCUT2D eigenvalue weighted by Crippen LogP contribution is -2.41. The van der Waals surface area contributed by atoms with Gasteiger partial charge in [-0.25, -0.2) is 0 Å². The molecule has 1 heterocycles. The normalized spacial score (nSPS) is 28.6. The number of nitrogens with one attached hydrogen (secondary N) is 1. The summed E-state index contributed by atoms with van der Waals surface area (Å²) in [7, 11) is 1.40. The van der Waals surface area contributed by atoms with Crippen LogP contribution in [0.5, 0.6) is 0 Å². The number of aliphatic imine (C=N–C) groups is 1. The van der Waals surface area contributed by atoms with Crippen LogP contribution in [-0.2, 0) is 9.53 Å². The Kier molecular flexibility index (Phi) is 4.94. The highest BCUT2D eigenvalue weighted by Crippen LogP contribution is 2.19. The molecule has 0 aliphatic carbocycles. The van der Waals surface area contributed by atoms with Crippen molar-refractivity contribution < 1.29 is 9.53 Å². The molecule has 1 fully saturated rings. The molecule has 2 unspecified atom stereocenters. The number of hydrogen-bond acceptors (Lipinski definition) is 4. The van der Waals surface area contributed by atoms with E-state index in [1.165, 1.54) is 7.11 Å². The molecule has 2 atom stereocenters. The van der Waals surface area contributed by atoms with Crippen LogP contribution in [0.15, 0.2) is 4.99 Å². The summed E-state index contributed by atoms with van der Waals surface area (Å²) in [5.74, 6) is 1.54. The van der Waals surface area contributed by atoms with Gasteiger partial charge in [0.25, 0.3) is 0 Å². The van der Waals surface area contributed by atoms with Gasteiger partial charge in [-0.3, -0.25) is 9.79 Å². The molecular weight excluding hydrogens is 212 g/mol. The van der Waals surface area contributed by atoms with Crippen LogP contribution in [0.2, 0.25) is 0 Å². The van der Waals surface area contributed by atoms with Crippen LogP contribution in [0, 0.1) is 5.92 Å². The van der Waals surface area contributed by atoms with E-state index in [0.717, 1.165) is 10.9 Å². The zero-order valence-electron chi connectivity index (χ0n) is 9.45. The van der Waals surface area contributed by atoms with Gasteiger partial charge in [-0.05, 0) is 12.8 Å². The van der Waals surface area contributed by atoms with Gasteiger partial charge in [-0.15, -0.1) is 0 Å². The second-order valence-corrected chi connectivity index (χ2v) is 4.74. The third-order valence-corrected chi connectivity index (χ3v) is 3.70. The first-order chi connectivity index (χ1) is 7.13. The zero-order valence-corrected chi connectivity index (χ0v) is 10.3. The first-order valence-corrected chi connectivity index (χ1v) is 6.12. The largest absolute Gasteiger partial charge is 0.469 e. The van der Waals surface area contributed by atoms with Gasteiger partial charge in [-0.2, -0.15) is 0 Å². The number of thioether (sulfide) groups is 1. The van der Waals surface area contributed by atoms with Crippen molar-refractivity contribution in [3.05, 3.63) is 0 Å². The highest BCUT2D eigenvalue weighted by atomic mass is 32.2. The molecule has 0 spiro atoms. The number of rotatable bonds is 3. The van der Waals surface area contributed by atoms with E-state index in [9.17, 15) is 4.79 Å². The topological polar surface area (TPSA) is 50.7 Å². The van der Waals surface area contributed by atoms with Crippen molar-refractivity contribution in [1.29, 1.82) is 0 Å². The van der Waals surface area contributed by atoms with Gasteiger partial charge >= 0.3 is 5.97 Å². The highest BCUT2D eigenvalue weighted by molar-refractivity contribution is 8.13. The first-order valence-electron chi connectivity index (χ1n) is 5.14. The van der Waals surface area contributed by atoms with E-state index in [1.54, 1.807) is 11.8 Å². The van der Waals surface area contributed by atoms with Crippen LogP contribution in [0.1, 0.15) is 20.3 Å². The molecule has 0 radical (unpaired) electrons. The van der Waals surface area contributed by atoms with Crippen molar-refractivity contribution in [2.24, 2.45) is 10.9 Å². The van der Waals surface area contributed by atoms with Crippen molar-refractivity contribution in [2.45, 2.75) is 26.3 Å². The van der Waals surface area contributed by atoms with E-state index < -0.39 is 0 Å². The third kappa shape index (κ3) is 4.11. The minimum absolute atomic E-state index is 0.207. The molecule has 0 aromatic rings. The molecule has 1 aliphatic heterocycles. The molecule has 1 saturated heterocycles. The van der Waals surface area contributed by atoms with E-state index in [0.29, 0.717) is 24.9 Å². The summed E-state index contributed by atoms with van der Waals surface area (Å²) >= 11 is 1.72. The fraction of sp³-hybridized carbons (Fsp3) is 0.800. The molecule has 1 N–H and O–H groups in total. The Morgan fingerprint density at radius 3 is 3.00 bits per heavy atom. The number of carbonyl (C=O) groups excluding carboxylic acids is 1. The van der Waals surface area contributed by atoms with Gasteiger partial charge in [-0.1, -0.05) is 18.7 Å². The van der Waals surface area contributed by atoms with E-state index in [1.807, 2.05) is 0 Å². The number of nitrogens with zero attached hydrogens (tertiary/aromatic N) is 1. The average Bonchev–Trinajstić information content (AvgIpc) is 2.23. The fourth-order valence-electron chi connectivity index (χ4n) is 1.18. The number of ether oxygens (including phenoxy) is 1. The maximum atomic E-state index is 10.9. The standard InChI is InChI=1S/C10H18N2O2S/c1-7-6-15-10(12-8(7)2)11-5-4-9(13)14-3/h7-8H,4-6H2,1-3H3,(H,11,12). The molecule has 86 valence electrons. The van der Waals surface area contributed by atoms with E-state index in [-0.39, 0.29) is 5.97 Å². The van der Waals surface area contributed by atoms with Crippen molar-refractivity contribution in [2.75, 3.05) is 19.4 Å². The average molecular weight is 230 g/mol. The van der Waals surface area contributed by atoms with Gasteiger partial charge in [0.1, 0.15) is 0 Å². The lowest BCUT2D eigenvalue weighted by molar-refractivity contribution is -0.140. The number of hydrogen-bond donors (Lipinski definition) is 1. The van der Waals surface area contributed by atoms with Gasteiger partial charge in [0.15, 0.2) is 5.17 Å². The third-order valence-electron chi connectivity index (χ3n) is 2.49. The maximum Gasteiger partial charge on any atom is 0.307 e. The fourth-order valence-corrected chi connectivity index (χ4v) is 2.34. The summed E-state index contributed by atoms with van der Waals surface area (Å²) in [6, 6.07) is 0.461. The predicted molar refractivity (Wildman–Crippen MR) is 63.2 cm³/mol. The molecule has 4 nitrogen and oxygen atoms in total. The molecule has 0 bridgehead atoms. The number of amidine groups is 1. The quantitative estimate of drug-likeness (QED) is 0.742. The Morgan fingerprint density at radius 2 is 2.40 bits per heavy atom. The summed E-state index contributed by atoms with van der Waals surface area (Å²) in [6.07, 6.45) is 0.353. The van der Waals surface area contributed by atoms with Crippen LogP contribution in [-0.4, -0.2) is 36.6 Å². The first kappa shape index (κ1) is 12.4. The summed E-state index contributed by atoms with van der Waals surface area (Å²) in [6.45, 7) is 4.87. The molecule has 0 aromatic carbocycles. The molecule has 1 rings (SSSR count). The highest BCUT2D eigenvalue weighted by Gasteiger charge is 2.20. The Balaban J connectivity index is 2.31. The summed E-state index contributed by atoms with van der Waals surface area (Å²) in [4.78, 5) is 15.2. The number of methoxy groups -OCH3 is 1. The summed E-state index contributed by atoms with van der Waals surface area (Å²) in [5.41, 5.74) is 0. The molecule has 15 heavy (non-hydrogen) atoms. The second-order valence-electron chi connectivity index (χ2n) is 3.73. The monoisotopic (exact) mass is 230 g/mol. The van der Waals surface area contributed by atoms with Gasteiger partial charge in [0, 0.05) is 11.8 Å². The van der Waals surface area contributed by atoms with Gasteiger partial charge < -0.3 is 10.1 Å². The molecule has 0 saturated carbocycles. The number of esters is 1. The van der Waals surface area contributed by atoms with Crippen molar-refractivity contribution in [3.63, 3.8) is 0 Å². The molecule has 0 amide bonds. The van der Waals surface area contributed by atoms with Crippen molar-refractivity contribution >= 4 is 22.9 Å². The summed E-state index contributed by atoms with van der Waals surface area (Å²) in [5, 5.41) is 4.27. The van der Waals surface area contributed by atoms with E-state index >= 15 is 0 Å². The van der Waals surface area contributed by atoms with Crippen LogP contribution in [0.25, 0.3) is 0 Å².